The molecule has 3 heteroatoms. The Morgan fingerprint density at radius 2 is 1.70 bits per heavy atom. The normalized spacial score (nSPS) is 10.8. The second-order valence-corrected chi connectivity index (χ2v) is 5.43. The maximum atomic E-state index is 6.22. The zero-order valence-corrected chi connectivity index (χ0v) is 12.7. The van der Waals surface area contributed by atoms with Gasteiger partial charge in [0.05, 0.1) is 11.1 Å². The highest BCUT2D eigenvalue weighted by Crippen LogP contribution is 2.26. The lowest BCUT2D eigenvalue weighted by Gasteiger charge is -2.12. The van der Waals surface area contributed by atoms with E-state index < -0.39 is 0 Å². The monoisotopic (exact) mass is 289 g/mol. The van der Waals surface area contributed by atoms with Crippen LogP contribution >= 0.6 is 11.6 Å². The summed E-state index contributed by atoms with van der Waals surface area (Å²) < 4.78 is 5.62. The van der Waals surface area contributed by atoms with Crippen LogP contribution in [0.4, 0.5) is 0 Å². The van der Waals surface area contributed by atoms with E-state index in [4.69, 9.17) is 16.3 Å². The van der Waals surface area contributed by atoms with Crippen molar-refractivity contribution in [3.8, 4) is 5.75 Å². The molecule has 0 aliphatic heterocycles. The van der Waals surface area contributed by atoms with Gasteiger partial charge in [-0.25, -0.2) is 0 Å². The Morgan fingerprint density at radius 1 is 1.00 bits per heavy atom. The summed E-state index contributed by atoms with van der Waals surface area (Å²) >= 11 is 6.22. The predicted molar refractivity (Wildman–Crippen MR) is 84.2 cm³/mol. The first-order valence-corrected chi connectivity index (χ1v) is 7.22. The van der Waals surface area contributed by atoms with E-state index in [2.05, 4.69) is 17.4 Å². The van der Waals surface area contributed by atoms with Crippen molar-refractivity contribution in [2.75, 3.05) is 0 Å². The number of ether oxygens (including phenoxy) is 1. The molecule has 0 aliphatic rings. The van der Waals surface area contributed by atoms with Gasteiger partial charge < -0.3 is 10.1 Å². The van der Waals surface area contributed by atoms with Gasteiger partial charge in [0.1, 0.15) is 5.75 Å². The molecule has 0 saturated carbocycles. The number of nitrogens with one attached hydrogen (secondary N) is 1. The van der Waals surface area contributed by atoms with E-state index in [-0.39, 0.29) is 6.10 Å². The summed E-state index contributed by atoms with van der Waals surface area (Å²) in [5.74, 6) is 0.744. The van der Waals surface area contributed by atoms with Gasteiger partial charge in [0.15, 0.2) is 0 Å². The molecule has 0 amide bonds. The smallest absolute Gasteiger partial charge is 0.138 e. The molecule has 0 fully saturated rings. The summed E-state index contributed by atoms with van der Waals surface area (Å²) in [6, 6.07) is 16.3. The molecule has 2 nitrogen and oxygen atoms in total. The molecule has 20 heavy (non-hydrogen) atoms. The van der Waals surface area contributed by atoms with Crippen molar-refractivity contribution in [1.82, 2.24) is 5.32 Å². The summed E-state index contributed by atoms with van der Waals surface area (Å²) in [5, 5.41) is 4.07. The Morgan fingerprint density at radius 3 is 2.35 bits per heavy atom. The van der Waals surface area contributed by atoms with Crippen LogP contribution in [0.1, 0.15) is 25.0 Å². The maximum Gasteiger partial charge on any atom is 0.138 e. The van der Waals surface area contributed by atoms with Crippen molar-refractivity contribution in [2.45, 2.75) is 33.0 Å². The van der Waals surface area contributed by atoms with E-state index in [0.717, 1.165) is 24.4 Å². The summed E-state index contributed by atoms with van der Waals surface area (Å²) in [6.07, 6.45) is 0.134. The van der Waals surface area contributed by atoms with E-state index in [0.29, 0.717) is 5.02 Å². The number of hydrogen-bond donors (Lipinski definition) is 1. The molecule has 2 rings (SSSR count). The van der Waals surface area contributed by atoms with E-state index in [1.807, 2.05) is 50.2 Å². The van der Waals surface area contributed by atoms with Gasteiger partial charge in [-0.3, -0.25) is 0 Å². The first-order valence-electron chi connectivity index (χ1n) is 6.85. The zero-order valence-electron chi connectivity index (χ0n) is 11.9. The van der Waals surface area contributed by atoms with E-state index in [9.17, 15) is 0 Å². The summed E-state index contributed by atoms with van der Waals surface area (Å²) in [4.78, 5) is 0. The van der Waals surface area contributed by atoms with Gasteiger partial charge in [-0.1, -0.05) is 48.0 Å². The van der Waals surface area contributed by atoms with E-state index >= 15 is 0 Å². The Bertz CT molecular complexity index is 540. The average Bonchev–Trinajstić information content (AvgIpc) is 2.43. The minimum atomic E-state index is 0.134. The van der Waals surface area contributed by atoms with Crippen molar-refractivity contribution in [3.05, 3.63) is 64.7 Å². The van der Waals surface area contributed by atoms with Gasteiger partial charge in [-0.15, -0.1) is 0 Å². The van der Waals surface area contributed by atoms with Crippen LogP contribution < -0.4 is 10.1 Å². The number of hydrogen-bond acceptors (Lipinski definition) is 2. The highest BCUT2D eigenvalue weighted by atomic mass is 35.5. The molecule has 0 saturated heterocycles. The second-order valence-electron chi connectivity index (χ2n) is 5.02. The van der Waals surface area contributed by atoms with Crippen LogP contribution in [0.5, 0.6) is 5.75 Å². The minimum Gasteiger partial charge on any atom is -0.489 e. The second kappa shape index (κ2) is 7.32. The molecule has 0 aliphatic carbocycles. The molecule has 0 unspecified atom stereocenters. The average molecular weight is 290 g/mol. The van der Waals surface area contributed by atoms with Crippen LogP contribution in [0.15, 0.2) is 48.5 Å². The van der Waals surface area contributed by atoms with Crippen molar-refractivity contribution < 1.29 is 4.74 Å². The molecule has 106 valence electrons. The van der Waals surface area contributed by atoms with Crippen LogP contribution in [0.25, 0.3) is 0 Å². The zero-order chi connectivity index (χ0) is 14.4. The highest BCUT2D eigenvalue weighted by molar-refractivity contribution is 6.32. The lowest BCUT2D eigenvalue weighted by molar-refractivity contribution is 0.242. The van der Waals surface area contributed by atoms with Crippen molar-refractivity contribution in [3.63, 3.8) is 0 Å². The van der Waals surface area contributed by atoms with Crippen molar-refractivity contribution in [1.29, 1.82) is 0 Å². The first-order chi connectivity index (χ1) is 9.65. The van der Waals surface area contributed by atoms with E-state index in [1.165, 1.54) is 5.56 Å². The fourth-order valence-electron chi connectivity index (χ4n) is 1.95. The van der Waals surface area contributed by atoms with Crippen LogP contribution in [-0.2, 0) is 13.1 Å². The summed E-state index contributed by atoms with van der Waals surface area (Å²) in [6.45, 7) is 5.62. The molecule has 0 aromatic heterocycles. The quantitative estimate of drug-likeness (QED) is 0.850. The number of benzene rings is 2. The Labute approximate surface area is 125 Å². The summed E-state index contributed by atoms with van der Waals surface area (Å²) in [5.41, 5.74) is 2.43. The Hall–Kier alpha value is -1.51. The Kier molecular flexibility index (Phi) is 5.45. The molecule has 0 atom stereocenters. The van der Waals surface area contributed by atoms with Gasteiger partial charge >= 0.3 is 0 Å². The standard InChI is InChI=1S/C17H20ClNO/c1-13(2)20-17-9-8-15(10-16(17)18)12-19-11-14-6-4-3-5-7-14/h3-10,13,19H,11-12H2,1-2H3. The minimum absolute atomic E-state index is 0.134. The molecule has 0 spiro atoms. The molecule has 1 N–H and O–H groups in total. The Balaban J connectivity index is 1.89. The van der Waals surface area contributed by atoms with Gasteiger partial charge in [0.25, 0.3) is 0 Å². The van der Waals surface area contributed by atoms with E-state index in [1.54, 1.807) is 0 Å². The summed E-state index contributed by atoms with van der Waals surface area (Å²) in [7, 11) is 0. The molecular weight excluding hydrogens is 270 g/mol. The highest BCUT2D eigenvalue weighted by Gasteiger charge is 2.05. The molecule has 0 bridgehead atoms. The lowest BCUT2D eigenvalue weighted by atomic mass is 10.2. The number of rotatable bonds is 6. The van der Waals surface area contributed by atoms with Crippen molar-refractivity contribution in [2.24, 2.45) is 0 Å². The fraction of sp³-hybridized carbons (Fsp3) is 0.294. The van der Waals surface area contributed by atoms with Crippen LogP contribution in [0.3, 0.4) is 0 Å². The molecule has 2 aromatic carbocycles. The van der Waals surface area contributed by atoms with Crippen LogP contribution in [0, 0.1) is 0 Å². The largest absolute Gasteiger partial charge is 0.489 e. The molecular formula is C17H20ClNO. The van der Waals surface area contributed by atoms with Crippen molar-refractivity contribution >= 4 is 11.6 Å². The number of halogens is 1. The fourth-order valence-corrected chi connectivity index (χ4v) is 2.20. The van der Waals surface area contributed by atoms with Gasteiger partial charge in [0, 0.05) is 13.1 Å². The third kappa shape index (κ3) is 4.55. The van der Waals surface area contributed by atoms with Gasteiger partial charge in [-0.05, 0) is 37.1 Å². The first kappa shape index (κ1) is 14.9. The third-order valence-corrected chi connectivity index (χ3v) is 3.16. The van der Waals surface area contributed by atoms with Crippen LogP contribution in [-0.4, -0.2) is 6.10 Å². The van der Waals surface area contributed by atoms with Gasteiger partial charge in [-0.2, -0.15) is 0 Å². The molecule has 0 radical (unpaired) electrons. The molecule has 0 heterocycles. The molecule has 2 aromatic rings. The van der Waals surface area contributed by atoms with Crippen LogP contribution in [0.2, 0.25) is 5.02 Å². The maximum absolute atomic E-state index is 6.22. The predicted octanol–water partition coefficient (Wildman–Crippen LogP) is 4.42. The third-order valence-electron chi connectivity index (χ3n) is 2.86. The van der Waals surface area contributed by atoms with Gasteiger partial charge in [0.2, 0.25) is 0 Å². The SMILES string of the molecule is CC(C)Oc1ccc(CNCc2ccccc2)cc1Cl. The topological polar surface area (TPSA) is 21.3 Å². The lowest BCUT2D eigenvalue weighted by Crippen LogP contribution is -2.12.